The maximum Gasteiger partial charge on any atom is 0.320 e. The van der Waals surface area contributed by atoms with Gasteiger partial charge in [0.05, 0.1) is 0 Å². The predicted molar refractivity (Wildman–Crippen MR) is 66.9 cm³/mol. The van der Waals surface area contributed by atoms with Crippen LogP contribution in [0.2, 0.25) is 0 Å². The lowest BCUT2D eigenvalue weighted by molar-refractivity contribution is -0.144. The van der Waals surface area contributed by atoms with Crippen LogP contribution in [0.25, 0.3) is 0 Å². The van der Waals surface area contributed by atoms with E-state index in [1.807, 2.05) is 12.1 Å². The standard InChI is InChI=1S/C14H19NO2/c1-11-6-2-3-7-12(11)10-15-9-5-4-8-13(15)14(16)17/h2-3,6-7,13H,4-5,8-10H2,1H3,(H,16,17)/t13-/m0/s1. The molecule has 17 heavy (non-hydrogen) atoms. The van der Waals surface area contributed by atoms with Gasteiger partial charge in [-0.3, -0.25) is 9.69 Å². The molecular formula is C14H19NO2. The Morgan fingerprint density at radius 3 is 2.88 bits per heavy atom. The molecule has 1 aliphatic heterocycles. The van der Waals surface area contributed by atoms with Crippen molar-refractivity contribution in [2.45, 2.75) is 38.8 Å². The van der Waals surface area contributed by atoms with Crippen LogP contribution in [0.1, 0.15) is 30.4 Å². The smallest absolute Gasteiger partial charge is 0.320 e. The molecule has 0 unspecified atom stereocenters. The van der Waals surface area contributed by atoms with E-state index in [1.54, 1.807) is 0 Å². The SMILES string of the molecule is Cc1ccccc1CN1CCCC[C@H]1C(=O)O. The largest absolute Gasteiger partial charge is 0.480 e. The van der Waals surface area contributed by atoms with Crippen molar-refractivity contribution in [3.8, 4) is 0 Å². The number of carboxylic acid groups (broad SMARTS) is 1. The zero-order valence-electron chi connectivity index (χ0n) is 10.2. The fourth-order valence-corrected chi connectivity index (χ4v) is 2.47. The number of aryl methyl sites for hydroxylation is 1. The van der Waals surface area contributed by atoms with Crippen molar-refractivity contribution in [3.63, 3.8) is 0 Å². The van der Waals surface area contributed by atoms with Crippen LogP contribution in [0.15, 0.2) is 24.3 Å². The lowest BCUT2D eigenvalue weighted by atomic mass is 10.00. The molecule has 92 valence electrons. The molecule has 0 amide bonds. The van der Waals surface area contributed by atoms with Crippen LogP contribution in [0.4, 0.5) is 0 Å². The first-order chi connectivity index (χ1) is 8.18. The Labute approximate surface area is 102 Å². The second kappa shape index (κ2) is 5.32. The Morgan fingerprint density at radius 1 is 1.41 bits per heavy atom. The third-order valence-electron chi connectivity index (χ3n) is 3.53. The molecule has 0 bridgehead atoms. The molecule has 0 aromatic heterocycles. The summed E-state index contributed by atoms with van der Waals surface area (Å²) in [6.45, 7) is 3.73. The van der Waals surface area contributed by atoms with Gasteiger partial charge in [-0.05, 0) is 37.4 Å². The third kappa shape index (κ3) is 2.86. The summed E-state index contributed by atoms with van der Waals surface area (Å²) < 4.78 is 0. The first-order valence-corrected chi connectivity index (χ1v) is 6.20. The molecule has 0 saturated carbocycles. The molecule has 3 heteroatoms. The molecule has 1 heterocycles. The zero-order valence-corrected chi connectivity index (χ0v) is 10.2. The molecule has 2 rings (SSSR count). The topological polar surface area (TPSA) is 40.5 Å². The van der Waals surface area contributed by atoms with Gasteiger partial charge in [0, 0.05) is 6.54 Å². The highest BCUT2D eigenvalue weighted by atomic mass is 16.4. The number of piperidine rings is 1. The van der Waals surface area contributed by atoms with Gasteiger partial charge in [0.25, 0.3) is 0 Å². The molecular weight excluding hydrogens is 214 g/mol. The highest BCUT2D eigenvalue weighted by Crippen LogP contribution is 2.21. The fourth-order valence-electron chi connectivity index (χ4n) is 2.47. The number of aliphatic carboxylic acids is 1. The number of likely N-dealkylation sites (tertiary alicyclic amines) is 1. The molecule has 1 aromatic carbocycles. The highest BCUT2D eigenvalue weighted by Gasteiger charge is 2.28. The highest BCUT2D eigenvalue weighted by molar-refractivity contribution is 5.73. The van der Waals surface area contributed by atoms with E-state index < -0.39 is 5.97 Å². The summed E-state index contributed by atoms with van der Waals surface area (Å²) in [5, 5.41) is 9.21. The number of hydrogen-bond donors (Lipinski definition) is 1. The summed E-state index contributed by atoms with van der Waals surface area (Å²) in [7, 11) is 0. The van der Waals surface area contributed by atoms with Gasteiger partial charge in [-0.1, -0.05) is 30.7 Å². The quantitative estimate of drug-likeness (QED) is 0.871. The van der Waals surface area contributed by atoms with Crippen LogP contribution in [0.5, 0.6) is 0 Å². The number of benzene rings is 1. The van der Waals surface area contributed by atoms with Gasteiger partial charge >= 0.3 is 5.97 Å². The molecule has 1 atom stereocenters. The third-order valence-corrected chi connectivity index (χ3v) is 3.53. The van der Waals surface area contributed by atoms with E-state index in [0.29, 0.717) is 0 Å². The fraction of sp³-hybridized carbons (Fsp3) is 0.500. The minimum absolute atomic E-state index is 0.302. The van der Waals surface area contributed by atoms with E-state index in [0.717, 1.165) is 32.4 Å². The maximum atomic E-state index is 11.2. The van der Waals surface area contributed by atoms with Gasteiger partial charge in [-0.15, -0.1) is 0 Å². The first-order valence-electron chi connectivity index (χ1n) is 6.20. The number of nitrogens with zero attached hydrogens (tertiary/aromatic N) is 1. The summed E-state index contributed by atoms with van der Waals surface area (Å²) in [5.41, 5.74) is 2.47. The Morgan fingerprint density at radius 2 is 2.18 bits per heavy atom. The van der Waals surface area contributed by atoms with Crippen molar-refractivity contribution in [1.29, 1.82) is 0 Å². The summed E-state index contributed by atoms with van der Waals surface area (Å²) in [5.74, 6) is -0.682. The predicted octanol–water partition coefficient (Wildman–Crippen LogP) is 2.43. The Hall–Kier alpha value is -1.35. The van der Waals surface area contributed by atoms with Crippen molar-refractivity contribution >= 4 is 5.97 Å². The van der Waals surface area contributed by atoms with Crippen molar-refractivity contribution in [2.75, 3.05) is 6.54 Å². The van der Waals surface area contributed by atoms with E-state index in [4.69, 9.17) is 0 Å². The van der Waals surface area contributed by atoms with Gasteiger partial charge in [-0.25, -0.2) is 0 Å². The maximum absolute atomic E-state index is 11.2. The number of carbonyl (C=O) groups is 1. The van der Waals surface area contributed by atoms with Crippen molar-refractivity contribution in [2.24, 2.45) is 0 Å². The minimum atomic E-state index is -0.682. The van der Waals surface area contributed by atoms with Gasteiger partial charge in [0.2, 0.25) is 0 Å². The van der Waals surface area contributed by atoms with Crippen LogP contribution in [0.3, 0.4) is 0 Å². The van der Waals surface area contributed by atoms with Gasteiger partial charge in [0.1, 0.15) is 6.04 Å². The van der Waals surface area contributed by atoms with E-state index in [9.17, 15) is 9.90 Å². The molecule has 0 radical (unpaired) electrons. The van der Waals surface area contributed by atoms with Crippen LogP contribution in [0, 0.1) is 6.92 Å². The lowest BCUT2D eigenvalue weighted by Gasteiger charge is -2.33. The average Bonchev–Trinajstić information content (AvgIpc) is 2.32. The number of carboxylic acids is 1. The van der Waals surface area contributed by atoms with Crippen molar-refractivity contribution in [3.05, 3.63) is 35.4 Å². The molecule has 1 aliphatic rings. The molecule has 0 spiro atoms. The molecule has 1 saturated heterocycles. The van der Waals surface area contributed by atoms with Crippen LogP contribution >= 0.6 is 0 Å². The lowest BCUT2D eigenvalue weighted by Crippen LogP contribution is -2.44. The Balaban J connectivity index is 2.11. The summed E-state index contributed by atoms with van der Waals surface area (Å²) in [6.07, 6.45) is 2.91. The van der Waals surface area contributed by atoms with Crippen LogP contribution in [-0.2, 0) is 11.3 Å². The van der Waals surface area contributed by atoms with Crippen LogP contribution < -0.4 is 0 Å². The van der Waals surface area contributed by atoms with Crippen molar-refractivity contribution in [1.82, 2.24) is 4.90 Å². The number of rotatable bonds is 3. The van der Waals surface area contributed by atoms with E-state index in [2.05, 4.69) is 24.0 Å². The first kappa shape index (κ1) is 12.1. The Bertz CT molecular complexity index is 403. The average molecular weight is 233 g/mol. The molecule has 3 nitrogen and oxygen atoms in total. The second-order valence-corrected chi connectivity index (χ2v) is 4.75. The molecule has 1 fully saturated rings. The Kier molecular flexibility index (Phi) is 3.79. The molecule has 1 N–H and O–H groups in total. The zero-order chi connectivity index (χ0) is 12.3. The van der Waals surface area contributed by atoms with E-state index in [-0.39, 0.29) is 6.04 Å². The van der Waals surface area contributed by atoms with E-state index in [1.165, 1.54) is 11.1 Å². The second-order valence-electron chi connectivity index (χ2n) is 4.75. The van der Waals surface area contributed by atoms with Gasteiger partial charge < -0.3 is 5.11 Å². The summed E-state index contributed by atoms with van der Waals surface area (Å²) in [4.78, 5) is 13.3. The minimum Gasteiger partial charge on any atom is -0.480 e. The molecule has 0 aliphatic carbocycles. The summed E-state index contributed by atoms with van der Waals surface area (Å²) in [6, 6.07) is 7.90. The normalized spacial score (nSPS) is 21.4. The van der Waals surface area contributed by atoms with Gasteiger partial charge in [0.15, 0.2) is 0 Å². The van der Waals surface area contributed by atoms with Crippen LogP contribution in [-0.4, -0.2) is 28.6 Å². The molecule has 1 aromatic rings. The van der Waals surface area contributed by atoms with Crippen molar-refractivity contribution < 1.29 is 9.90 Å². The summed E-state index contributed by atoms with van der Waals surface area (Å²) >= 11 is 0. The van der Waals surface area contributed by atoms with E-state index >= 15 is 0 Å². The number of hydrogen-bond acceptors (Lipinski definition) is 2. The van der Waals surface area contributed by atoms with Gasteiger partial charge in [-0.2, -0.15) is 0 Å². The monoisotopic (exact) mass is 233 g/mol.